The number of rotatable bonds is 8. The Morgan fingerprint density at radius 2 is 1.82 bits per heavy atom. The predicted octanol–water partition coefficient (Wildman–Crippen LogP) is 1.79. The van der Waals surface area contributed by atoms with Crippen LogP contribution >= 0.6 is 0 Å². The first-order chi connectivity index (χ1) is 8.30. The number of hydrogen-bond acceptors (Lipinski definition) is 3. The van der Waals surface area contributed by atoms with E-state index in [1.165, 1.54) is 58.5 Å². The lowest BCUT2D eigenvalue weighted by atomic mass is 10.1. The quantitative estimate of drug-likeness (QED) is 0.699. The average molecular weight is 241 g/mol. The highest BCUT2D eigenvalue weighted by Gasteiger charge is 2.17. The number of nitrogens with one attached hydrogen (secondary N) is 1. The maximum Gasteiger partial charge on any atom is 0.0107 e. The zero-order chi connectivity index (χ0) is 12.5. The summed E-state index contributed by atoms with van der Waals surface area (Å²) in [5.74, 6) is 0. The third-order valence-electron chi connectivity index (χ3n) is 3.88. The molecular weight excluding hydrogens is 210 g/mol. The summed E-state index contributed by atoms with van der Waals surface area (Å²) in [6, 6.07) is 0.762. The Bertz CT molecular complexity index is 176. The predicted molar refractivity (Wildman–Crippen MR) is 75.5 cm³/mol. The summed E-state index contributed by atoms with van der Waals surface area (Å²) >= 11 is 0. The van der Waals surface area contributed by atoms with Crippen LogP contribution in [0.15, 0.2) is 0 Å². The van der Waals surface area contributed by atoms with Gasteiger partial charge in [-0.1, -0.05) is 20.8 Å². The van der Waals surface area contributed by atoms with Gasteiger partial charge in [0.1, 0.15) is 0 Å². The molecule has 0 unspecified atom stereocenters. The molecule has 1 N–H and O–H groups in total. The van der Waals surface area contributed by atoms with Gasteiger partial charge in [-0.15, -0.1) is 0 Å². The first-order valence-corrected chi connectivity index (χ1v) is 7.48. The lowest BCUT2D eigenvalue weighted by Crippen LogP contribution is -2.44. The van der Waals surface area contributed by atoms with Crippen molar-refractivity contribution in [3.63, 3.8) is 0 Å². The summed E-state index contributed by atoms with van der Waals surface area (Å²) in [6.45, 7) is 15.3. The number of nitrogens with zero attached hydrogens (tertiary/aromatic N) is 2. The van der Waals surface area contributed by atoms with Gasteiger partial charge in [0.25, 0.3) is 0 Å². The molecule has 17 heavy (non-hydrogen) atoms. The Morgan fingerprint density at radius 3 is 2.35 bits per heavy atom. The van der Waals surface area contributed by atoms with Crippen LogP contribution in [0.4, 0.5) is 0 Å². The van der Waals surface area contributed by atoms with Crippen molar-refractivity contribution in [3.8, 4) is 0 Å². The molecule has 1 rings (SSSR count). The molecule has 0 saturated carbocycles. The minimum Gasteiger partial charge on any atom is -0.313 e. The van der Waals surface area contributed by atoms with Crippen molar-refractivity contribution >= 4 is 0 Å². The minimum atomic E-state index is 0.762. The molecule has 1 aliphatic rings. The largest absolute Gasteiger partial charge is 0.313 e. The molecule has 1 heterocycles. The Morgan fingerprint density at radius 1 is 1.12 bits per heavy atom. The van der Waals surface area contributed by atoms with Crippen LogP contribution in [0.3, 0.4) is 0 Å². The third-order valence-corrected chi connectivity index (χ3v) is 3.88. The Hall–Kier alpha value is -0.120. The molecule has 3 heteroatoms. The maximum absolute atomic E-state index is 3.72. The second kappa shape index (κ2) is 8.90. The van der Waals surface area contributed by atoms with Gasteiger partial charge in [-0.2, -0.15) is 0 Å². The molecule has 1 saturated heterocycles. The van der Waals surface area contributed by atoms with Crippen LogP contribution in [0.2, 0.25) is 0 Å². The van der Waals surface area contributed by atoms with Gasteiger partial charge in [-0.3, -0.25) is 0 Å². The highest BCUT2D eigenvalue weighted by molar-refractivity contribution is 4.76. The summed E-state index contributed by atoms with van der Waals surface area (Å²) in [4.78, 5) is 5.09. The second-order valence-corrected chi connectivity index (χ2v) is 5.10. The summed E-state index contributed by atoms with van der Waals surface area (Å²) in [5, 5.41) is 3.72. The summed E-state index contributed by atoms with van der Waals surface area (Å²) < 4.78 is 0. The van der Waals surface area contributed by atoms with E-state index in [4.69, 9.17) is 0 Å². The van der Waals surface area contributed by atoms with E-state index in [2.05, 4.69) is 35.9 Å². The number of piperidine rings is 1. The molecule has 0 aromatic rings. The van der Waals surface area contributed by atoms with Crippen LogP contribution < -0.4 is 5.32 Å². The van der Waals surface area contributed by atoms with Gasteiger partial charge < -0.3 is 15.1 Å². The van der Waals surface area contributed by atoms with E-state index in [0.717, 1.165) is 12.6 Å². The lowest BCUT2D eigenvalue weighted by molar-refractivity contribution is 0.200. The SMILES string of the molecule is CCCN(CC)CCNC1CCN(CC)CC1. The molecule has 0 atom stereocenters. The molecule has 1 aliphatic heterocycles. The molecule has 0 radical (unpaired) electrons. The van der Waals surface area contributed by atoms with Crippen LogP contribution in [0, 0.1) is 0 Å². The van der Waals surface area contributed by atoms with Gasteiger partial charge in [0, 0.05) is 19.1 Å². The van der Waals surface area contributed by atoms with Crippen LogP contribution in [-0.2, 0) is 0 Å². The monoisotopic (exact) mass is 241 g/mol. The molecule has 0 amide bonds. The molecule has 1 fully saturated rings. The minimum absolute atomic E-state index is 0.762. The topological polar surface area (TPSA) is 18.5 Å². The van der Waals surface area contributed by atoms with E-state index in [0.29, 0.717) is 0 Å². The van der Waals surface area contributed by atoms with Crippen LogP contribution in [0.5, 0.6) is 0 Å². The number of hydrogen-bond donors (Lipinski definition) is 1. The third kappa shape index (κ3) is 5.84. The zero-order valence-electron chi connectivity index (χ0n) is 12.0. The molecule has 3 nitrogen and oxygen atoms in total. The van der Waals surface area contributed by atoms with Gasteiger partial charge in [0.15, 0.2) is 0 Å². The van der Waals surface area contributed by atoms with Crippen LogP contribution in [0.25, 0.3) is 0 Å². The molecule has 0 aliphatic carbocycles. The standard InChI is InChI=1S/C14H31N3/c1-4-10-16(5-2)13-9-15-14-7-11-17(6-3)12-8-14/h14-15H,4-13H2,1-3H3. The molecule has 0 spiro atoms. The average Bonchev–Trinajstić information content (AvgIpc) is 2.38. The molecule has 0 bridgehead atoms. The normalized spacial score (nSPS) is 19.1. The van der Waals surface area contributed by atoms with E-state index in [-0.39, 0.29) is 0 Å². The van der Waals surface area contributed by atoms with Crippen molar-refractivity contribution < 1.29 is 0 Å². The van der Waals surface area contributed by atoms with Crippen LogP contribution in [0.1, 0.15) is 40.0 Å². The summed E-state index contributed by atoms with van der Waals surface area (Å²) in [5.41, 5.74) is 0. The van der Waals surface area contributed by atoms with Gasteiger partial charge in [0.2, 0.25) is 0 Å². The number of likely N-dealkylation sites (N-methyl/N-ethyl adjacent to an activating group) is 1. The molecular formula is C14H31N3. The highest BCUT2D eigenvalue weighted by Crippen LogP contribution is 2.09. The van der Waals surface area contributed by atoms with E-state index in [1.807, 2.05) is 0 Å². The molecule has 0 aromatic heterocycles. The van der Waals surface area contributed by atoms with Crippen molar-refractivity contribution in [2.75, 3.05) is 45.8 Å². The van der Waals surface area contributed by atoms with Crippen LogP contribution in [-0.4, -0.2) is 61.7 Å². The fraction of sp³-hybridized carbons (Fsp3) is 1.00. The number of likely N-dealkylation sites (tertiary alicyclic amines) is 1. The van der Waals surface area contributed by atoms with Crippen molar-refractivity contribution in [3.05, 3.63) is 0 Å². The van der Waals surface area contributed by atoms with Gasteiger partial charge in [-0.05, 0) is 52.0 Å². The second-order valence-electron chi connectivity index (χ2n) is 5.10. The summed E-state index contributed by atoms with van der Waals surface area (Å²) in [7, 11) is 0. The Balaban J connectivity index is 2.06. The van der Waals surface area contributed by atoms with E-state index in [9.17, 15) is 0 Å². The van der Waals surface area contributed by atoms with Gasteiger partial charge in [-0.25, -0.2) is 0 Å². The first-order valence-electron chi connectivity index (χ1n) is 7.48. The molecule has 0 aromatic carbocycles. The fourth-order valence-electron chi connectivity index (χ4n) is 2.62. The van der Waals surface area contributed by atoms with E-state index >= 15 is 0 Å². The fourth-order valence-corrected chi connectivity index (χ4v) is 2.62. The maximum atomic E-state index is 3.72. The van der Waals surface area contributed by atoms with Crippen molar-refractivity contribution in [1.82, 2.24) is 15.1 Å². The summed E-state index contributed by atoms with van der Waals surface area (Å²) in [6.07, 6.45) is 3.92. The highest BCUT2D eigenvalue weighted by atomic mass is 15.2. The Kier molecular flexibility index (Phi) is 7.82. The van der Waals surface area contributed by atoms with Gasteiger partial charge >= 0.3 is 0 Å². The van der Waals surface area contributed by atoms with Gasteiger partial charge in [0.05, 0.1) is 0 Å². The van der Waals surface area contributed by atoms with Crippen molar-refractivity contribution in [1.29, 1.82) is 0 Å². The first kappa shape index (κ1) is 14.9. The zero-order valence-corrected chi connectivity index (χ0v) is 12.0. The lowest BCUT2D eigenvalue weighted by Gasteiger charge is -2.32. The van der Waals surface area contributed by atoms with E-state index in [1.54, 1.807) is 0 Å². The Labute approximate surface area is 108 Å². The smallest absolute Gasteiger partial charge is 0.0107 e. The van der Waals surface area contributed by atoms with Crippen molar-refractivity contribution in [2.24, 2.45) is 0 Å². The molecule has 102 valence electrons. The van der Waals surface area contributed by atoms with E-state index < -0.39 is 0 Å². The van der Waals surface area contributed by atoms with Crippen molar-refractivity contribution in [2.45, 2.75) is 46.1 Å².